The maximum atomic E-state index is 10.4. The Morgan fingerprint density at radius 1 is 1.22 bits per heavy atom. The molecule has 0 saturated carbocycles. The summed E-state index contributed by atoms with van der Waals surface area (Å²) in [6, 6.07) is 12.1. The van der Waals surface area contributed by atoms with Gasteiger partial charge in [-0.05, 0) is 25.0 Å². The van der Waals surface area contributed by atoms with Gasteiger partial charge in [-0.1, -0.05) is 32.0 Å². The molecule has 98 valence electrons. The summed E-state index contributed by atoms with van der Waals surface area (Å²) in [5.74, 6) is 0. The molecule has 0 unspecified atom stereocenters. The first kappa shape index (κ1) is 14.5. The summed E-state index contributed by atoms with van der Waals surface area (Å²) in [7, 11) is 0. The van der Waals surface area contributed by atoms with Crippen LogP contribution >= 0.6 is 0 Å². The van der Waals surface area contributed by atoms with Crippen LogP contribution in [0.5, 0.6) is 0 Å². The van der Waals surface area contributed by atoms with Gasteiger partial charge in [0.05, 0.1) is 18.1 Å². The third kappa shape index (κ3) is 4.05. The lowest BCUT2D eigenvalue weighted by molar-refractivity contribution is 0.0394. The molecule has 0 amide bonds. The molecule has 1 rings (SSSR count). The van der Waals surface area contributed by atoms with Crippen molar-refractivity contribution in [3.05, 3.63) is 30.3 Å². The monoisotopic (exact) mass is 246 g/mol. The molecule has 0 aromatic heterocycles. The molecule has 0 aliphatic rings. The van der Waals surface area contributed by atoms with Crippen LogP contribution in [0.4, 0.5) is 5.69 Å². The molecule has 0 radical (unpaired) electrons. The Balaban J connectivity index is 2.83. The molecule has 0 bridgehead atoms. The van der Waals surface area contributed by atoms with E-state index < -0.39 is 5.60 Å². The SMILES string of the molecule is CCC(O)(CC)CN(CCC#N)c1ccccc1. The number of benzene rings is 1. The van der Waals surface area contributed by atoms with E-state index in [1.165, 1.54) is 0 Å². The van der Waals surface area contributed by atoms with Gasteiger partial charge < -0.3 is 10.0 Å². The number of nitriles is 1. The third-order valence-electron chi connectivity index (χ3n) is 3.42. The zero-order valence-electron chi connectivity index (χ0n) is 11.3. The summed E-state index contributed by atoms with van der Waals surface area (Å²) in [5.41, 5.74) is 0.388. The van der Waals surface area contributed by atoms with Gasteiger partial charge in [0.15, 0.2) is 0 Å². The molecule has 0 spiro atoms. The smallest absolute Gasteiger partial charge is 0.0816 e. The van der Waals surface area contributed by atoms with Gasteiger partial charge in [0, 0.05) is 18.8 Å². The highest BCUT2D eigenvalue weighted by Crippen LogP contribution is 2.21. The van der Waals surface area contributed by atoms with Crippen LogP contribution < -0.4 is 4.90 Å². The molecule has 0 aliphatic heterocycles. The molecule has 0 saturated heterocycles. The van der Waals surface area contributed by atoms with Crippen molar-refractivity contribution < 1.29 is 5.11 Å². The largest absolute Gasteiger partial charge is 0.388 e. The van der Waals surface area contributed by atoms with Crippen LogP contribution in [0.1, 0.15) is 33.1 Å². The van der Waals surface area contributed by atoms with Crippen LogP contribution in [-0.4, -0.2) is 23.8 Å². The van der Waals surface area contributed by atoms with E-state index in [0.29, 0.717) is 19.5 Å². The fraction of sp³-hybridized carbons (Fsp3) is 0.533. The van der Waals surface area contributed by atoms with Crippen LogP contribution in [0.2, 0.25) is 0 Å². The Kier molecular flexibility index (Phi) is 5.67. The lowest BCUT2D eigenvalue weighted by Gasteiger charge is -2.34. The van der Waals surface area contributed by atoms with Crippen LogP contribution in [0, 0.1) is 11.3 Å². The maximum Gasteiger partial charge on any atom is 0.0816 e. The van der Waals surface area contributed by atoms with Crippen molar-refractivity contribution in [2.45, 2.75) is 38.7 Å². The first-order valence-corrected chi connectivity index (χ1v) is 6.54. The Bertz CT molecular complexity index is 379. The predicted octanol–water partition coefficient (Wildman–Crippen LogP) is 2.96. The van der Waals surface area contributed by atoms with Crippen LogP contribution in [0.15, 0.2) is 30.3 Å². The minimum Gasteiger partial charge on any atom is -0.388 e. The molecule has 0 fully saturated rings. The molecule has 0 atom stereocenters. The Labute approximate surface area is 110 Å². The van der Waals surface area contributed by atoms with E-state index in [9.17, 15) is 5.11 Å². The number of hydrogen-bond donors (Lipinski definition) is 1. The molecular weight excluding hydrogens is 224 g/mol. The van der Waals surface area contributed by atoms with Gasteiger partial charge in [-0.2, -0.15) is 5.26 Å². The molecule has 3 nitrogen and oxygen atoms in total. The zero-order valence-corrected chi connectivity index (χ0v) is 11.3. The standard InChI is InChI=1S/C15H22N2O/c1-3-15(18,4-2)13-17(12-8-11-16)14-9-6-5-7-10-14/h5-7,9-10,18H,3-4,8,12-13H2,1-2H3. The van der Waals surface area contributed by atoms with Gasteiger partial charge in [-0.15, -0.1) is 0 Å². The van der Waals surface area contributed by atoms with Crippen molar-refractivity contribution >= 4 is 5.69 Å². The van der Waals surface area contributed by atoms with E-state index in [0.717, 1.165) is 18.5 Å². The van der Waals surface area contributed by atoms with Crippen molar-refractivity contribution in [2.24, 2.45) is 0 Å². The first-order valence-electron chi connectivity index (χ1n) is 6.54. The number of nitrogens with zero attached hydrogens (tertiary/aromatic N) is 2. The van der Waals surface area contributed by atoms with Crippen LogP contribution in [0.3, 0.4) is 0 Å². The number of hydrogen-bond acceptors (Lipinski definition) is 3. The zero-order chi connectivity index (χ0) is 13.4. The second kappa shape index (κ2) is 7.03. The number of para-hydroxylation sites is 1. The summed E-state index contributed by atoms with van der Waals surface area (Å²) in [6.07, 6.45) is 1.91. The van der Waals surface area contributed by atoms with Gasteiger partial charge in [-0.25, -0.2) is 0 Å². The molecule has 0 heterocycles. The molecule has 3 heteroatoms. The topological polar surface area (TPSA) is 47.3 Å². The number of rotatable bonds is 7. The van der Waals surface area contributed by atoms with Gasteiger partial charge in [0.2, 0.25) is 0 Å². The van der Waals surface area contributed by atoms with E-state index in [4.69, 9.17) is 5.26 Å². The minimum absolute atomic E-state index is 0.471. The highest BCUT2D eigenvalue weighted by Gasteiger charge is 2.25. The fourth-order valence-electron chi connectivity index (χ4n) is 1.95. The second-order valence-corrected chi connectivity index (χ2v) is 4.60. The summed E-state index contributed by atoms with van der Waals surface area (Å²) < 4.78 is 0. The molecular formula is C15H22N2O. The Morgan fingerprint density at radius 2 is 1.83 bits per heavy atom. The van der Waals surface area contributed by atoms with E-state index in [1.807, 2.05) is 44.2 Å². The normalized spacial score (nSPS) is 11.0. The van der Waals surface area contributed by atoms with Gasteiger partial charge in [-0.3, -0.25) is 0 Å². The van der Waals surface area contributed by atoms with Crippen molar-refractivity contribution in [1.82, 2.24) is 0 Å². The number of aliphatic hydroxyl groups is 1. The van der Waals surface area contributed by atoms with E-state index in [-0.39, 0.29) is 0 Å². The highest BCUT2D eigenvalue weighted by molar-refractivity contribution is 5.46. The van der Waals surface area contributed by atoms with Crippen LogP contribution in [0.25, 0.3) is 0 Å². The van der Waals surface area contributed by atoms with E-state index in [1.54, 1.807) is 0 Å². The molecule has 1 N–H and O–H groups in total. The summed E-state index contributed by atoms with van der Waals surface area (Å²) in [5, 5.41) is 19.2. The lowest BCUT2D eigenvalue weighted by Crippen LogP contribution is -2.42. The van der Waals surface area contributed by atoms with Gasteiger partial charge in [0.1, 0.15) is 0 Å². The molecule has 1 aromatic carbocycles. The van der Waals surface area contributed by atoms with Crippen molar-refractivity contribution in [3.8, 4) is 6.07 Å². The minimum atomic E-state index is -0.675. The predicted molar refractivity (Wildman–Crippen MR) is 74.4 cm³/mol. The maximum absolute atomic E-state index is 10.4. The van der Waals surface area contributed by atoms with Gasteiger partial charge >= 0.3 is 0 Å². The second-order valence-electron chi connectivity index (χ2n) is 4.60. The average molecular weight is 246 g/mol. The van der Waals surface area contributed by atoms with Gasteiger partial charge in [0.25, 0.3) is 0 Å². The van der Waals surface area contributed by atoms with Crippen LogP contribution in [-0.2, 0) is 0 Å². The van der Waals surface area contributed by atoms with Crippen molar-refractivity contribution in [1.29, 1.82) is 5.26 Å². The summed E-state index contributed by atoms with van der Waals surface area (Å²) in [6.45, 7) is 5.22. The van der Waals surface area contributed by atoms with E-state index >= 15 is 0 Å². The lowest BCUT2D eigenvalue weighted by atomic mass is 9.96. The number of anilines is 1. The van der Waals surface area contributed by atoms with E-state index in [2.05, 4.69) is 11.0 Å². The Hall–Kier alpha value is -1.53. The fourth-order valence-corrected chi connectivity index (χ4v) is 1.95. The molecule has 18 heavy (non-hydrogen) atoms. The summed E-state index contributed by atoms with van der Waals surface area (Å²) in [4.78, 5) is 2.09. The first-order chi connectivity index (χ1) is 8.65. The highest BCUT2D eigenvalue weighted by atomic mass is 16.3. The quantitative estimate of drug-likeness (QED) is 0.804. The summed E-state index contributed by atoms with van der Waals surface area (Å²) >= 11 is 0. The molecule has 1 aromatic rings. The van der Waals surface area contributed by atoms with Crippen molar-refractivity contribution in [2.75, 3.05) is 18.0 Å². The Morgan fingerprint density at radius 3 is 2.33 bits per heavy atom. The third-order valence-corrected chi connectivity index (χ3v) is 3.42. The van der Waals surface area contributed by atoms with Crippen molar-refractivity contribution in [3.63, 3.8) is 0 Å². The molecule has 0 aliphatic carbocycles. The average Bonchev–Trinajstić information content (AvgIpc) is 2.44.